The molecule has 2 heterocycles. The molecule has 0 amide bonds. The Kier molecular flexibility index (Phi) is 2.44. The van der Waals surface area contributed by atoms with Gasteiger partial charge in [-0.15, -0.1) is 0 Å². The molecule has 1 aromatic heterocycles. The highest BCUT2D eigenvalue weighted by atomic mass is 16.5. The lowest BCUT2D eigenvalue weighted by Gasteiger charge is -2.03. The van der Waals surface area contributed by atoms with E-state index in [2.05, 4.69) is 5.10 Å². The molecule has 0 unspecified atom stereocenters. The molecule has 92 valence electrons. The molecule has 1 aromatic carbocycles. The van der Waals surface area contributed by atoms with Gasteiger partial charge in [-0.2, -0.15) is 5.10 Å². The van der Waals surface area contributed by atoms with Crippen molar-refractivity contribution in [1.29, 1.82) is 0 Å². The van der Waals surface area contributed by atoms with Gasteiger partial charge in [0.05, 0.1) is 18.4 Å². The zero-order valence-corrected chi connectivity index (χ0v) is 10.4. The van der Waals surface area contributed by atoms with E-state index in [0.717, 1.165) is 23.4 Å². The Hall–Kier alpha value is -2.10. The van der Waals surface area contributed by atoms with Gasteiger partial charge in [0.2, 0.25) is 0 Å². The Morgan fingerprint density at radius 3 is 3.00 bits per heavy atom. The smallest absolute Gasteiger partial charge is 0.196 e. The molecule has 1 aliphatic rings. The van der Waals surface area contributed by atoms with E-state index in [9.17, 15) is 4.79 Å². The third-order valence-electron chi connectivity index (χ3n) is 3.43. The van der Waals surface area contributed by atoms with Gasteiger partial charge in [0.25, 0.3) is 0 Å². The number of carbonyl (C=O) groups excluding carboxylic acids is 1. The van der Waals surface area contributed by atoms with E-state index in [0.29, 0.717) is 17.7 Å². The van der Waals surface area contributed by atoms with Gasteiger partial charge < -0.3 is 4.74 Å². The van der Waals surface area contributed by atoms with Crippen molar-refractivity contribution in [2.45, 2.75) is 13.3 Å². The molecule has 0 radical (unpaired) electrons. The van der Waals surface area contributed by atoms with Crippen molar-refractivity contribution in [3.05, 3.63) is 46.8 Å². The minimum atomic E-state index is 0.0234. The standard InChI is InChI=1S/C14H14N2O2/c1-9-12(8-15-16(9)2)14(17)11-3-4-13-10(7-11)5-6-18-13/h3-4,7-8H,5-6H2,1-2H3. The Bertz CT molecular complexity index is 629. The third kappa shape index (κ3) is 1.61. The van der Waals surface area contributed by atoms with E-state index in [1.807, 2.05) is 32.2 Å². The predicted octanol–water partition coefficient (Wildman–Crippen LogP) is 1.89. The largest absolute Gasteiger partial charge is 0.493 e. The normalized spacial score (nSPS) is 13.2. The second kappa shape index (κ2) is 3.98. The van der Waals surface area contributed by atoms with Gasteiger partial charge in [-0.05, 0) is 30.7 Å². The highest BCUT2D eigenvalue weighted by Crippen LogP contribution is 2.27. The second-order valence-corrected chi connectivity index (χ2v) is 4.52. The van der Waals surface area contributed by atoms with Gasteiger partial charge >= 0.3 is 0 Å². The van der Waals surface area contributed by atoms with Crippen molar-refractivity contribution in [2.24, 2.45) is 7.05 Å². The SMILES string of the molecule is Cc1c(C(=O)c2ccc3c(c2)CCO3)cnn1C. The van der Waals surface area contributed by atoms with Crippen LogP contribution in [0.1, 0.15) is 27.2 Å². The number of rotatable bonds is 2. The number of aromatic nitrogens is 2. The number of aryl methyl sites for hydroxylation is 1. The predicted molar refractivity (Wildman–Crippen MR) is 67.0 cm³/mol. The van der Waals surface area contributed by atoms with Crippen molar-refractivity contribution in [1.82, 2.24) is 9.78 Å². The molecule has 1 aliphatic heterocycles. The van der Waals surface area contributed by atoms with Crippen LogP contribution in [0.3, 0.4) is 0 Å². The maximum atomic E-state index is 12.4. The van der Waals surface area contributed by atoms with Crippen LogP contribution in [0.25, 0.3) is 0 Å². The molecule has 0 bridgehead atoms. The summed E-state index contributed by atoms with van der Waals surface area (Å²) < 4.78 is 7.15. The Morgan fingerprint density at radius 2 is 2.28 bits per heavy atom. The number of fused-ring (bicyclic) bond motifs is 1. The molecule has 3 rings (SSSR count). The van der Waals surface area contributed by atoms with E-state index >= 15 is 0 Å². The summed E-state index contributed by atoms with van der Waals surface area (Å²) in [4.78, 5) is 12.4. The summed E-state index contributed by atoms with van der Waals surface area (Å²) >= 11 is 0. The number of ether oxygens (including phenoxy) is 1. The van der Waals surface area contributed by atoms with Crippen LogP contribution in [0.4, 0.5) is 0 Å². The summed E-state index contributed by atoms with van der Waals surface area (Å²) in [6, 6.07) is 5.62. The molecule has 18 heavy (non-hydrogen) atoms. The Morgan fingerprint density at radius 1 is 1.44 bits per heavy atom. The summed E-state index contributed by atoms with van der Waals surface area (Å²) in [5.41, 5.74) is 3.37. The molecule has 0 aliphatic carbocycles. The van der Waals surface area contributed by atoms with Crippen LogP contribution in [0.15, 0.2) is 24.4 Å². The molecule has 0 atom stereocenters. The summed E-state index contributed by atoms with van der Waals surface area (Å²) in [5, 5.41) is 4.11. The highest BCUT2D eigenvalue weighted by Gasteiger charge is 2.18. The minimum Gasteiger partial charge on any atom is -0.493 e. The topological polar surface area (TPSA) is 44.1 Å². The van der Waals surface area contributed by atoms with Gasteiger partial charge in [0.15, 0.2) is 5.78 Å². The average Bonchev–Trinajstić information content (AvgIpc) is 2.96. The lowest BCUT2D eigenvalue weighted by Crippen LogP contribution is -2.04. The molecule has 0 spiro atoms. The number of hydrogen-bond acceptors (Lipinski definition) is 3. The lowest BCUT2D eigenvalue weighted by molar-refractivity contribution is 0.103. The summed E-state index contributed by atoms with van der Waals surface area (Å²) in [7, 11) is 1.84. The number of ketones is 1. The highest BCUT2D eigenvalue weighted by molar-refractivity contribution is 6.09. The fourth-order valence-electron chi connectivity index (χ4n) is 2.20. The summed E-state index contributed by atoms with van der Waals surface area (Å²) in [5.74, 6) is 0.921. The van der Waals surface area contributed by atoms with Crippen LogP contribution < -0.4 is 4.74 Å². The maximum Gasteiger partial charge on any atom is 0.196 e. The van der Waals surface area contributed by atoms with Gasteiger partial charge in [0, 0.05) is 24.7 Å². The molecule has 2 aromatic rings. The number of hydrogen-bond donors (Lipinski definition) is 0. The fourth-order valence-corrected chi connectivity index (χ4v) is 2.20. The summed E-state index contributed by atoms with van der Waals surface area (Å²) in [6.45, 7) is 2.61. The van der Waals surface area contributed by atoms with Crippen molar-refractivity contribution < 1.29 is 9.53 Å². The molecular weight excluding hydrogens is 228 g/mol. The second-order valence-electron chi connectivity index (χ2n) is 4.52. The van der Waals surface area contributed by atoms with E-state index in [-0.39, 0.29) is 5.78 Å². The quantitative estimate of drug-likeness (QED) is 0.755. The van der Waals surface area contributed by atoms with Gasteiger partial charge in [-0.3, -0.25) is 9.48 Å². The minimum absolute atomic E-state index is 0.0234. The average molecular weight is 242 g/mol. The molecule has 0 N–H and O–H groups in total. The number of carbonyl (C=O) groups is 1. The van der Waals surface area contributed by atoms with Crippen LogP contribution in [0.5, 0.6) is 5.75 Å². The molecular formula is C14H14N2O2. The van der Waals surface area contributed by atoms with Crippen molar-refractivity contribution in [2.75, 3.05) is 6.61 Å². The van der Waals surface area contributed by atoms with Gasteiger partial charge in [0.1, 0.15) is 5.75 Å². The zero-order chi connectivity index (χ0) is 12.7. The first-order chi connectivity index (χ1) is 8.66. The first-order valence-corrected chi connectivity index (χ1v) is 5.96. The first-order valence-electron chi connectivity index (χ1n) is 5.96. The van der Waals surface area contributed by atoms with Crippen molar-refractivity contribution >= 4 is 5.78 Å². The van der Waals surface area contributed by atoms with Crippen LogP contribution in [0.2, 0.25) is 0 Å². The van der Waals surface area contributed by atoms with Crippen molar-refractivity contribution in [3.8, 4) is 5.75 Å². The van der Waals surface area contributed by atoms with Gasteiger partial charge in [-0.25, -0.2) is 0 Å². The van der Waals surface area contributed by atoms with Crippen LogP contribution >= 0.6 is 0 Å². The Balaban J connectivity index is 2.00. The fraction of sp³-hybridized carbons (Fsp3) is 0.286. The molecule has 4 heteroatoms. The van der Waals surface area contributed by atoms with E-state index in [1.165, 1.54) is 0 Å². The van der Waals surface area contributed by atoms with Crippen LogP contribution in [0, 0.1) is 6.92 Å². The van der Waals surface area contributed by atoms with E-state index in [4.69, 9.17) is 4.74 Å². The lowest BCUT2D eigenvalue weighted by atomic mass is 10.0. The van der Waals surface area contributed by atoms with Crippen molar-refractivity contribution in [3.63, 3.8) is 0 Å². The third-order valence-corrected chi connectivity index (χ3v) is 3.43. The van der Waals surface area contributed by atoms with E-state index in [1.54, 1.807) is 10.9 Å². The molecule has 0 fully saturated rings. The van der Waals surface area contributed by atoms with Crippen LogP contribution in [-0.2, 0) is 13.5 Å². The molecule has 0 saturated carbocycles. The molecule has 4 nitrogen and oxygen atoms in total. The van der Waals surface area contributed by atoms with E-state index < -0.39 is 0 Å². The number of nitrogens with zero attached hydrogens (tertiary/aromatic N) is 2. The Labute approximate surface area is 105 Å². The zero-order valence-electron chi connectivity index (χ0n) is 10.4. The maximum absolute atomic E-state index is 12.4. The first kappa shape index (κ1) is 11.0. The van der Waals surface area contributed by atoms with Gasteiger partial charge in [-0.1, -0.05) is 0 Å². The monoisotopic (exact) mass is 242 g/mol. The molecule has 0 saturated heterocycles. The summed E-state index contributed by atoms with van der Waals surface area (Å²) in [6.07, 6.45) is 2.50. The number of benzene rings is 1. The van der Waals surface area contributed by atoms with Crippen LogP contribution in [-0.4, -0.2) is 22.2 Å².